The minimum absolute atomic E-state index is 0.0772. The van der Waals surface area contributed by atoms with Crippen LogP contribution in [0.2, 0.25) is 0 Å². The normalized spacial score (nSPS) is 22.7. The number of rotatable bonds is 5. The van der Waals surface area contributed by atoms with Gasteiger partial charge in [0.05, 0.1) is 0 Å². The number of hydrogen-bond donors (Lipinski definition) is 3. The summed E-state index contributed by atoms with van der Waals surface area (Å²) in [6, 6.07) is 5.41. The number of amides is 1. The van der Waals surface area contributed by atoms with Gasteiger partial charge < -0.3 is 15.5 Å². The third kappa shape index (κ3) is 3.97. The van der Waals surface area contributed by atoms with Crippen LogP contribution in [0, 0.1) is 11.8 Å². The summed E-state index contributed by atoms with van der Waals surface area (Å²) in [5, 5.41) is 21.2. The molecule has 0 radical (unpaired) electrons. The lowest BCUT2D eigenvalue weighted by Crippen LogP contribution is -2.45. The Morgan fingerprint density at radius 1 is 1.29 bits per heavy atom. The molecule has 0 aliphatic heterocycles. The molecule has 1 aliphatic carbocycles. The van der Waals surface area contributed by atoms with Gasteiger partial charge in [-0.05, 0) is 36.5 Å². The highest BCUT2D eigenvalue weighted by atomic mass is 16.4. The summed E-state index contributed by atoms with van der Waals surface area (Å²) in [4.78, 5) is 23.5. The third-order valence-corrected chi connectivity index (χ3v) is 4.19. The maximum absolute atomic E-state index is 12.2. The van der Waals surface area contributed by atoms with Gasteiger partial charge in [-0.3, -0.25) is 4.79 Å². The molecule has 1 aromatic rings. The Labute approximate surface area is 124 Å². The van der Waals surface area contributed by atoms with E-state index in [-0.39, 0.29) is 24.0 Å². The number of carbonyl (C=O) groups is 2. The topological polar surface area (TPSA) is 86.6 Å². The fourth-order valence-electron chi connectivity index (χ4n) is 2.88. The van der Waals surface area contributed by atoms with Crippen LogP contribution in [0.4, 0.5) is 0 Å². The third-order valence-electron chi connectivity index (χ3n) is 4.19. The van der Waals surface area contributed by atoms with Crippen molar-refractivity contribution in [1.82, 2.24) is 5.32 Å². The van der Waals surface area contributed by atoms with Gasteiger partial charge >= 0.3 is 5.97 Å². The van der Waals surface area contributed by atoms with Gasteiger partial charge in [0.25, 0.3) is 0 Å². The van der Waals surface area contributed by atoms with Gasteiger partial charge in [0.15, 0.2) is 0 Å². The minimum Gasteiger partial charge on any atom is -0.508 e. The molecule has 0 bridgehead atoms. The van der Waals surface area contributed by atoms with E-state index in [0.29, 0.717) is 5.92 Å². The van der Waals surface area contributed by atoms with Crippen molar-refractivity contribution >= 4 is 11.9 Å². The molecule has 3 unspecified atom stereocenters. The Morgan fingerprint density at radius 3 is 2.48 bits per heavy atom. The molecule has 0 spiro atoms. The molecule has 0 heterocycles. The Kier molecular flexibility index (Phi) is 4.83. The Morgan fingerprint density at radius 2 is 1.95 bits per heavy atom. The molecule has 114 valence electrons. The van der Waals surface area contributed by atoms with E-state index in [1.807, 2.05) is 6.92 Å². The van der Waals surface area contributed by atoms with Crippen LogP contribution in [0.5, 0.6) is 5.75 Å². The molecule has 0 aromatic heterocycles. The maximum atomic E-state index is 12.2. The first-order chi connectivity index (χ1) is 9.97. The summed E-state index contributed by atoms with van der Waals surface area (Å²) in [5.74, 6) is -0.831. The lowest BCUT2D eigenvalue weighted by molar-refractivity contribution is -0.142. The van der Waals surface area contributed by atoms with Crippen molar-refractivity contribution in [3.8, 4) is 5.75 Å². The first kappa shape index (κ1) is 15.4. The van der Waals surface area contributed by atoms with Gasteiger partial charge in [-0.2, -0.15) is 0 Å². The Hall–Kier alpha value is -2.04. The van der Waals surface area contributed by atoms with Crippen LogP contribution < -0.4 is 5.32 Å². The van der Waals surface area contributed by atoms with Gasteiger partial charge in [-0.1, -0.05) is 25.5 Å². The molecule has 1 aromatic carbocycles. The zero-order chi connectivity index (χ0) is 15.4. The van der Waals surface area contributed by atoms with Gasteiger partial charge in [-0.25, -0.2) is 4.79 Å². The lowest BCUT2D eigenvalue weighted by Gasteiger charge is -2.20. The first-order valence-electron chi connectivity index (χ1n) is 7.28. The van der Waals surface area contributed by atoms with E-state index < -0.39 is 12.0 Å². The largest absolute Gasteiger partial charge is 0.508 e. The number of aliphatic carboxylic acids is 1. The summed E-state index contributed by atoms with van der Waals surface area (Å²) < 4.78 is 0. The molecule has 1 amide bonds. The molecule has 2 rings (SSSR count). The van der Waals surface area contributed by atoms with Crippen LogP contribution in [-0.2, 0) is 16.0 Å². The number of aromatic hydroxyl groups is 1. The molecule has 1 saturated carbocycles. The number of nitrogens with one attached hydrogen (secondary N) is 1. The van der Waals surface area contributed by atoms with Crippen molar-refractivity contribution < 1.29 is 19.8 Å². The average molecular weight is 291 g/mol. The number of phenols is 1. The van der Waals surface area contributed by atoms with E-state index in [2.05, 4.69) is 5.32 Å². The number of carbonyl (C=O) groups excluding carboxylic acids is 1. The average Bonchev–Trinajstić information content (AvgIpc) is 2.86. The standard InChI is InChI=1S/C16H21NO4/c1-10-3-2-4-13(10)15(19)17-14(16(20)21)9-11-5-7-12(18)8-6-11/h5-8,10,13-14,18H,2-4,9H2,1H3,(H,17,19)(H,20,21). The van der Waals surface area contributed by atoms with Crippen molar-refractivity contribution in [2.45, 2.75) is 38.6 Å². The molecule has 1 fully saturated rings. The quantitative estimate of drug-likeness (QED) is 0.773. The van der Waals surface area contributed by atoms with Gasteiger partial charge in [0, 0.05) is 12.3 Å². The SMILES string of the molecule is CC1CCCC1C(=O)NC(Cc1ccc(O)cc1)C(=O)O. The Bertz CT molecular complexity index is 512. The lowest BCUT2D eigenvalue weighted by atomic mass is 9.96. The summed E-state index contributed by atoms with van der Waals surface area (Å²) in [6.45, 7) is 2.03. The van der Waals surface area contributed by atoms with E-state index in [1.165, 1.54) is 12.1 Å². The summed E-state index contributed by atoms with van der Waals surface area (Å²) in [7, 11) is 0. The van der Waals surface area contributed by atoms with Crippen molar-refractivity contribution in [1.29, 1.82) is 0 Å². The summed E-state index contributed by atoms with van der Waals surface area (Å²) in [5.41, 5.74) is 0.764. The van der Waals surface area contributed by atoms with Crippen LogP contribution in [0.3, 0.4) is 0 Å². The van der Waals surface area contributed by atoms with Crippen molar-refractivity contribution in [3.05, 3.63) is 29.8 Å². The minimum atomic E-state index is -1.04. The highest BCUT2D eigenvalue weighted by Crippen LogP contribution is 2.31. The second kappa shape index (κ2) is 6.61. The van der Waals surface area contributed by atoms with Crippen molar-refractivity contribution in [3.63, 3.8) is 0 Å². The number of carboxylic acid groups (broad SMARTS) is 1. The van der Waals surface area contributed by atoms with Gasteiger partial charge in [0.2, 0.25) is 5.91 Å². The van der Waals surface area contributed by atoms with E-state index in [1.54, 1.807) is 12.1 Å². The first-order valence-corrected chi connectivity index (χ1v) is 7.28. The monoisotopic (exact) mass is 291 g/mol. The van der Waals surface area contributed by atoms with E-state index in [0.717, 1.165) is 24.8 Å². The highest BCUT2D eigenvalue weighted by Gasteiger charge is 2.32. The number of carboxylic acids is 1. The zero-order valence-electron chi connectivity index (χ0n) is 12.1. The summed E-state index contributed by atoms with van der Waals surface area (Å²) >= 11 is 0. The second-order valence-corrected chi connectivity index (χ2v) is 5.78. The predicted octanol–water partition coefficient (Wildman–Crippen LogP) is 1.94. The van der Waals surface area contributed by atoms with Crippen molar-refractivity contribution in [2.75, 3.05) is 0 Å². The van der Waals surface area contributed by atoms with Crippen LogP contribution >= 0.6 is 0 Å². The van der Waals surface area contributed by atoms with Crippen LogP contribution in [0.15, 0.2) is 24.3 Å². The number of hydrogen-bond acceptors (Lipinski definition) is 3. The molecular weight excluding hydrogens is 270 g/mol. The fourth-order valence-corrected chi connectivity index (χ4v) is 2.88. The summed E-state index contributed by atoms with van der Waals surface area (Å²) in [6.07, 6.45) is 3.09. The molecule has 5 nitrogen and oxygen atoms in total. The van der Waals surface area contributed by atoms with Crippen LogP contribution in [0.25, 0.3) is 0 Å². The molecule has 1 aliphatic rings. The van der Waals surface area contributed by atoms with E-state index in [4.69, 9.17) is 0 Å². The molecule has 3 N–H and O–H groups in total. The molecule has 3 atom stereocenters. The van der Waals surface area contributed by atoms with Crippen LogP contribution in [-0.4, -0.2) is 28.1 Å². The number of phenolic OH excluding ortho intramolecular Hbond substituents is 1. The second-order valence-electron chi connectivity index (χ2n) is 5.78. The smallest absolute Gasteiger partial charge is 0.326 e. The molecule has 21 heavy (non-hydrogen) atoms. The van der Waals surface area contributed by atoms with E-state index >= 15 is 0 Å². The van der Waals surface area contributed by atoms with Crippen LogP contribution in [0.1, 0.15) is 31.7 Å². The van der Waals surface area contributed by atoms with E-state index in [9.17, 15) is 19.8 Å². The maximum Gasteiger partial charge on any atom is 0.326 e. The fraction of sp³-hybridized carbons (Fsp3) is 0.500. The van der Waals surface area contributed by atoms with Crippen molar-refractivity contribution in [2.24, 2.45) is 11.8 Å². The van der Waals surface area contributed by atoms with Gasteiger partial charge in [-0.15, -0.1) is 0 Å². The van der Waals surface area contributed by atoms with Gasteiger partial charge in [0.1, 0.15) is 11.8 Å². The molecule has 0 saturated heterocycles. The Balaban J connectivity index is 2.00. The zero-order valence-corrected chi connectivity index (χ0v) is 12.1. The predicted molar refractivity (Wildman–Crippen MR) is 77.9 cm³/mol. The number of benzene rings is 1. The highest BCUT2D eigenvalue weighted by molar-refractivity contribution is 5.85. The molecular formula is C16H21NO4. The molecule has 5 heteroatoms.